The van der Waals surface area contributed by atoms with Crippen LogP contribution in [-0.2, 0) is 17.7 Å². The molecule has 1 aromatic carbocycles. The second-order valence-electron chi connectivity index (χ2n) is 7.76. The standard InChI is InChI=1S/C23H20BrF2N3O3/c24-16-4-3-15(20(25)8-16)7-18-19(21(30)13-32-12-14-1-2-14)11-29(23(31)22(18)26)10-17-9-27-5-6-28-17/h3-6,8-9,11,14H,1-2,7,10,12-13H2. The summed E-state index contributed by atoms with van der Waals surface area (Å²) in [7, 11) is 0. The first-order chi connectivity index (χ1) is 15.4. The van der Waals surface area contributed by atoms with Crippen molar-refractivity contribution in [3.63, 3.8) is 0 Å². The topological polar surface area (TPSA) is 74.1 Å². The van der Waals surface area contributed by atoms with E-state index in [9.17, 15) is 14.0 Å². The number of halogens is 3. The molecule has 4 rings (SSSR count). The van der Waals surface area contributed by atoms with Gasteiger partial charge in [-0.2, -0.15) is 0 Å². The highest BCUT2D eigenvalue weighted by Gasteiger charge is 2.24. The van der Waals surface area contributed by atoms with Crippen LogP contribution in [-0.4, -0.2) is 33.5 Å². The Hall–Kier alpha value is -2.78. The van der Waals surface area contributed by atoms with Gasteiger partial charge < -0.3 is 9.30 Å². The smallest absolute Gasteiger partial charge is 0.287 e. The fourth-order valence-corrected chi connectivity index (χ4v) is 3.65. The van der Waals surface area contributed by atoms with Gasteiger partial charge in [-0.15, -0.1) is 0 Å². The predicted molar refractivity (Wildman–Crippen MR) is 117 cm³/mol. The largest absolute Gasteiger partial charge is 0.373 e. The molecule has 0 saturated heterocycles. The first kappa shape index (κ1) is 22.4. The zero-order valence-electron chi connectivity index (χ0n) is 17.1. The number of ether oxygens (including phenoxy) is 1. The van der Waals surface area contributed by atoms with Crippen LogP contribution in [0.5, 0.6) is 0 Å². The van der Waals surface area contributed by atoms with Crippen molar-refractivity contribution in [1.82, 2.24) is 14.5 Å². The van der Waals surface area contributed by atoms with Gasteiger partial charge in [0.15, 0.2) is 11.6 Å². The summed E-state index contributed by atoms with van der Waals surface area (Å²) < 4.78 is 36.7. The molecule has 0 N–H and O–H groups in total. The fourth-order valence-electron chi connectivity index (χ4n) is 3.32. The Morgan fingerprint density at radius 1 is 1.25 bits per heavy atom. The highest BCUT2D eigenvalue weighted by Crippen LogP contribution is 2.29. The van der Waals surface area contributed by atoms with Crippen LogP contribution < -0.4 is 5.56 Å². The number of Topliss-reactive ketones (excluding diaryl/α,β-unsaturated/α-hetero) is 1. The lowest BCUT2D eigenvalue weighted by Gasteiger charge is -2.15. The second-order valence-corrected chi connectivity index (χ2v) is 8.67. The minimum atomic E-state index is -1.09. The molecular weight excluding hydrogens is 484 g/mol. The summed E-state index contributed by atoms with van der Waals surface area (Å²) >= 11 is 3.18. The van der Waals surface area contributed by atoms with Crippen molar-refractivity contribution in [2.24, 2.45) is 5.92 Å². The highest BCUT2D eigenvalue weighted by atomic mass is 79.9. The molecule has 2 aromatic heterocycles. The normalized spacial score (nSPS) is 13.3. The summed E-state index contributed by atoms with van der Waals surface area (Å²) in [6.07, 6.45) is 7.59. The van der Waals surface area contributed by atoms with E-state index >= 15 is 4.39 Å². The Balaban J connectivity index is 1.70. The molecule has 0 spiro atoms. The molecule has 0 radical (unpaired) electrons. The summed E-state index contributed by atoms with van der Waals surface area (Å²) in [6, 6.07) is 4.36. The molecule has 0 unspecified atom stereocenters. The van der Waals surface area contributed by atoms with Gasteiger partial charge in [0.25, 0.3) is 5.56 Å². The van der Waals surface area contributed by atoms with Crippen molar-refractivity contribution in [3.05, 3.63) is 91.8 Å². The molecule has 6 nitrogen and oxygen atoms in total. The zero-order valence-corrected chi connectivity index (χ0v) is 18.6. The van der Waals surface area contributed by atoms with E-state index in [-0.39, 0.29) is 36.3 Å². The molecule has 3 aromatic rings. The number of aromatic nitrogens is 3. The van der Waals surface area contributed by atoms with E-state index in [1.165, 1.54) is 36.9 Å². The maximum Gasteiger partial charge on any atom is 0.287 e. The van der Waals surface area contributed by atoms with Gasteiger partial charge in [-0.05, 0) is 36.5 Å². The van der Waals surface area contributed by atoms with E-state index in [0.717, 1.165) is 17.4 Å². The fraction of sp³-hybridized carbons (Fsp3) is 0.304. The third-order valence-electron chi connectivity index (χ3n) is 5.24. The Kier molecular flexibility index (Phi) is 6.86. The molecule has 2 heterocycles. The molecule has 0 bridgehead atoms. The van der Waals surface area contributed by atoms with E-state index in [4.69, 9.17) is 4.74 Å². The molecule has 0 atom stereocenters. The van der Waals surface area contributed by atoms with Gasteiger partial charge in [-0.25, -0.2) is 8.78 Å². The second kappa shape index (κ2) is 9.79. The number of carbonyl (C=O) groups is 1. The van der Waals surface area contributed by atoms with E-state index in [0.29, 0.717) is 22.7 Å². The average Bonchev–Trinajstić information content (AvgIpc) is 3.60. The van der Waals surface area contributed by atoms with Crippen LogP contribution in [0.25, 0.3) is 0 Å². The number of benzene rings is 1. The molecule has 0 amide bonds. The number of hydrogen-bond donors (Lipinski definition) is 0. The van der Waals surface area contributed by atoms with Gasteiger partial charge in [-0.3, -0.25) is 19.6 Å². The lowest BCUT2D eigenvalue weighted by Crippen LogP contribution is -2.29. The first-order valence-electron chi connectivity index (χ1n) is 10.1. The third-order valence-corrected chi connectivity index (χ3v) is 5.73. The van der Waals surface area contributed by atoms with Crippen molar-refractivity contribution < 1.29 is 18.3 Å². The Morgan fingerprint density at radius 2 is 2.06 bits per heavy atom. The van der Waals surface area contributed by atoms with Gasteiger partial charge in [0.1, 0.15) is 12.4 Å². The van der Waals surface area contributed by atoms with Crippen LogP contribution in [0.1, 0.15) is 40.0 Å². The van der Waals surface area contributed by atoms with Crippen molar-refractivity contribution in [2.75, 3.05) is 13.2 Å². The van der Waals surface area contributed by atoms with Crippen molar-refractivity contribution in [1.29, 1.82) is 0 Å². The van der Waals surface area contributed by atoms with Gasteiger partial charge in [0.05, 0.1) is 25.0 Å². The molecule has 9 heteroatoms. The molecule has 1 aliphatic carbocycles. The minimum Gasteiger partial charge on any atom is -0.373 e. The van der Waals surface area contributed by atoms with Crippen LogP contribution in [0.15, 0.2) is 52.3 Å². The summed E-state index contributed by atoms with van der Waals surface area (Å²) in [5, 5.41) is 0. The maximum absolute atomic E-state index is 15.2. The number of pyridine rings is 1. The summed E-state index contributed by atoms with van der Waals surface area (Å²) in [4.78, 5) is 33.7. The molecule has 0 aliphatic heterocycles. The lowest BCUT2D eigenvalue weighted by atomic mass is 9.98. The molecule has 166 valence electrons. The van der Waals surface area contributed by atoms with Crippen molar-refractivity contribution in [2.45, 2.75) is 25.8 Å². The Labute approximate surface area is 191 Å². The van der Waals surface area contributed by atoms with Crippen molar-refractivity contribution >= 4 is 21.7 Å². The first-order valence-corrected chi connectivity index (χ1v) is 10.9. The highest BCUT2D eigenvalue weighted by molar-refractivity contribution is 9.10. The Morgan fingerprint density at radius 3 is 2.75 bits per heavy atom. The molecular formula is C23H20BrF2N3O3. The zero-order chi connectivity index (χ0) is 22.7. The van der Waals surface area contributed by atoms with Crippen LogP contribution >= 0.6 is 15.9 Å². The van der Waals surface area contributed by atoms with E-state index in [2.05, 4.69) is 25.9 Å². The van der Waals surface area contributed by atoms with Crippen LogP contribution in [0.4, 0.5) is 8.78 Å². The van der Waals surface area contributed by atoms with Crippen LogP contribution in [0, 0.1) is 17.6 Å². The number of carbonyl (C=O) groups excluding carboxylic acids is 1. The third kappa shape index (κ3) is 5.34. The van der Waals surface area contributed by atoms with Gasteiger partial charge in [0.2, 0.25) is 0 Å². The molecule has 32 heavy (non-hydrogen) atoms. The van der Waals surface area contributed by atoms with Gasteiger partial charge in [0, 0.05) is 40.6 Å². The van der Waals surface area contributed by atoms with Gasteiger partial charge in [-0.1, -0.05) is 22.0 Å². The number of nitrogens with zero attached hydrogens (tertiary/aromatic N) is 3. The van der Waals surface area contributed by atoms with E-state index < -0.39 is 23.0 Å². The van der Waals surface area contributed by atoms with E-state index in [1.54, 1.807) is 6.07 Å². The number of hydrogen-bond acceptors (Lipinski definition) is 5. The lowest BCUT2D eigenvalue weighted by molar-refractivity contribution is 0.0737. The van der Waals surface area contributed by atoms with Crippen molar-refractivity contribution in [3.8, 4) is 0 Å². The minimum absolute atomic E-state index is 0.0101. The van der Waals surface area contributed by atoms with Crippen LogP contribution in [0.2, 0.25) is 0 Å². The summed E-state index contributed by atoms with van der Waals surface area (Å²) in [5.41, 5.74) is -0.468. The quantitative estimate of drug-likeness (QED) is 0.413. The van der Waals surface area contributed by atoms with E-state index in [1.807, 2.05) is 0 Å². The average molecular weight is 504 g/mol. The number of rotatable bonds is 9. The van der Waals surface area contributed by atoms with Gasteiger partial charge >= 0.3 is 0 Å². The molecule has 1 aliphatic rings. The number of ketones is 1. The Bertz CT molecular complexity index is 1200. The molecule has 1 saturated carbocycles. The molecule has 1 fully saturated rings. The monoisotopic (exact) mass is 503 g/mol. The predicted octanol–water partition coefficient (Wildman–Crippen LogP) is 3.93. The SMILES string of the molecule is O=C(COCC1CC1)c1cn(Cc2cnccn2)c(=O)c(F)c1Cc1ccc(Br)cc1F. The summed E-state index contributed by atoms with van der Waals surface area (Å²) in [6.45, 7) is 0.166. The summed E-state index contributed by atoms with van der Waals surface area (Å²) in [5.74, 6) is -1.67. The van der Waals surface area contributed by atoms with Crippen LogP contribution in [0.3, 0.4) is 0 Å². The maximum atomic E-state index is 15.2.